The minimum absolute atomic E-state index is 0.295. The van der Waals surface area contributed by atoms with Crippen LogP contribution in [-0.2, 0) is 0 Å². The summed E-state index contributed by atoms with van der Waals surface area (Å²) in [5, 5.41) is 0.745. The highest BCUT2D eigenvalue weighted by Gasteiger charge is 2.13. The maximum absolute atomic E-state index is 5.95. The third-order valence-electron chi connectivity index (χ3n) is 2.42. The van der Waals surface area contributed by atoms with Crippen molar-refractivity contribution in [1.29, 1.82) is 0 Å². The van der Waals surface area contributed by atoms with E-state index in [9.17, 15) is 0 Å². The van der Waals surface area contributed by atoms with E-state index in [2.05, 4.69) is 11.8 Å². The van der Waals surface area contributed by atoms with Crippen molar-refractivity contribution in [3.8, 4) is 5.75 Å². The summed E-state index contributed by atoms with van der Waals surface area (Å²) in [5.74, 6) is 0.885. The molecule has 0 aliphatic carbocycles. The molecule has 1 unspecified atom stereocenters. The maximum Gasteiger partial charge on any atom is 0.123 e. The third-order valence-corrected chi connectivity index (χ3v) is 2.65. The highest BCUT2D eigenvalue weighted by atomic mass is 35.5. The van der Waals surface area contributed by atoms with Gasteiger partial charge in [0.05, 0.1) is 7.11 Å². The van der Waals surface area contributed by atoms with Crippen LogP contribution in [0.5, 0.6) is 5.75 Å². The van der Waals surface area contributed by atoms with Crippen molar-refractivity contribution in [2.24, 2.45) is 0 Å². The SMILES string of the molecule is COc1ccc(Cl)cc1C(C)N(C)C. The van der Waals surface area contributed by atoms with Crippen LogP contribution in [0.2, 0.25) is 5.02 Å². The molecule has 1 atom stereocenters. The van der Waals surface area contributed by atoms with E-state index in [1.54, 1.807) is 7.11 Å². The van der Waals surface area contributed by atoms with Gasteiger partial charge in [0, 0.05) is 16.6 Å². The highest BCUT2D eigenvalue weighted by molar-refractivity contribution is 6.30. The molecule has 0 bridgehead atoms. The van der Waals surface area contributed by atoms with E-state index in [1.807, 2.05) is 32.3 Å². The Morgan fingerprint density at radius 3 is 2.50 bits per heavy atom. The van der Waals surface area contributed by atoms with Crippen molar-refractivity contribution in [2.75, 3.05) is 21.2 Å². The first kappa shape index (κ1) is 11.3. The lowest BCUT2D eigenvalue weighted by molar-refractivity contribution is 0.308. The summed E-state index contributed by atoms with van der Waals surface area (Å²) in [7, 11) is 5.74. The van der Waals surface area contributed by atoms with E-state index in [4.69, 9.17) is 16.3 Å². The zero-order valence-corrected chi connectivity index (χ0v) is 9.80. The van der Waals surface area contributed by atoms with Crippen LogP contribution < -0.4 is 4.74 Å². The highest BCUT2D eigenvalue weighted by Crippen LogP contribution is 2.30. The molecule has 0 aliphatic heterocycles. The van der Waals surface area contributed by atoms with Gasteiger partial charge < -0.3 is 9.64 Å². The molecule has 0 aliphatic rings. The monoisotopic (exact) mass is 213 g/mol. The van der Waals surface area contributed by atoms with Gasteiger partial charge in [0.2, 0.25) is 0 Å². The second kappa shape index (κ2) is 4.67. The lowest BCUT2D eigenvalue weighted by Gasteiger charge is -2.22. The topological polar surface area (TPSA) is 12.5 Å². The molecule has 0 spiro atoms. The number of methoxy groups -OCH3 is 1. The first-order valence-electron chi connectivity index (χ1n) is 4.56. The van der Waals surface area contributed by atoms with E-state index in [0.29, 0.717) is 6.04 Å². The molecule has 1 aromatic rings. The van der Waals surface area contributed by atoms with Crippen molar-refractivity contribution in [2.45, 2.75) is 13.0 Å². The van der Waals surface area contributed by atoms with Gasteiger partial charge >= 0.3 is 0 Å². The van der Waals surface area contributed by atoms with Gasteiger partial charge in [-0.15, -0.1) is 0 Å². The van der Waals surface area contributed by atoms with Crippen molar-refractivity contribution < 1.29 is 4.74 Å². The summed E-state index contributed by atoms with van der Waals surface area (Å²) in [6.45, 7) is 2.12. The zero-order chi connectivity index (χ0) is 10.7. The smallest absolute Gasteiger partial charge is 0.123 e. The van der Waals surface area contributed by atoms with Gasteiger partial charge in [-0.1, -0.05) is 11.6 Å². The van der Waals surface area contributed by atoms with Crippen LogP contribution in [0.15, 0.2) is 18.2 Å². The van der Waals surface area contributed by atoms with Crippen LogP contribution in [-0.4, -0.2) is 26.1 Å². The summed E-state index contributed by atoms with van der Waals surface area (Å²) < 4.78 is 5.29. The molecular formula is C11H16ClNO. The molecule has 0 saturated heterocycles. The van der Waals surface area contributed by atoms with Crippen LogP contribution in [0, 0.1) is 0 Å². The van der Waals surface area contributed by atoms with E-state index < -0.39 is 0 Å². The van der Waals surface area contributed by atoms with Crippen LogP contribution in [0.3, 0.4) is 0 Å². The second-order valence-corrected chi connectivity index (χ2v) is 3.96. The molecule has 14 heavy (non-hydrogen) atoms. The molecule has 1 rings (SSSR count). The lowest BCUT2D eigenvalue weighted by atomic mass is 10.1. The standard InChI is InChI=1S/C11H16ClNO/c1-8(13(2)3)10-7-9(12)5-6-11(10)14-4/h5-8H,1-4H3. The fourth-order valence-electron chi connectivity index (χ4n) is 1.31. The first-order valence-corrected chi connectivity index (χ1v) is 4.94. The predicted molar refractivity (Wildman–Crippen MR) is 60.1 cm³/mol. The summed E-state index contributed by atoms with van der Waals surface area (Å²) in [6, 6.07) is 5.98. The second-order valence-electron chi connectivity index (χ2n) is 3.53. The van der Waals surface area contributed by atoms with E-state index in [-0.39, 0.29) is 0 Å². The average molecular weight is 214 g/mol. The molecule has 2 nitrogen and oxygen atoms in total. The molecule has 0 radical (unpaired) electrons. The first-order chi connectivity index (χ1) is 6.56. The number of ether oxygens (including phenoxy) is 1. The summed E-state index contributed by atoms with van der Waals surface area (Å²) in [6.07, 6.45) is 0. The van der Waals surface area contributed by atoms with Crippen LogP contribution in [0.4, 0.5) is 0 Å². The number of hydrogen-bond donors (Lipinski definition) is 0. The predicted octanol–water partition coefficient (Wildman–Crippen LogP) is 2.97. The van der Waals surface area contributed by atoms with E-state index >= 15 is 0 Å². The molecule has 1 aromatic carbocycles. The number of nitrogens with zero attached hydrogens (tertiary/aromatic N) is 1. The van der Waals surface area contributed by atoms with Gasteiger partial charge in [-0.3, -0.25) is 0 Å². The Morgan fingerprint density at radius 2 is 2.00 bits per heavy atom. The normalized spacial score (nSPS) is 13.0. The zero-order valence-electron chi connectivity index (χ0n) is 9.04. The maximum atomic E-state index is 5.95. The van der Waals surface area contributed by atoms with Gasteiger partial charge in [0.1, 0.15) is 5.75 Å². The van der Waals surface area contributed by atoms with Crippen molar-refractivity contribution in [3.63, 3.8) is 0 Å². The minimum Gasteiger partial charge on any atom is -0.496 e. The Labute approximate surface area is 90.4 Å². The molecule has 0 aromatic heterocycles. The molecule has 0 fully saturated rings. The van der Waals surface area contributed by atoms with Crippen LogP contribution in [0.1, 0.15) is 18.5 Å². The Morgan fingerprint density at radius 1 is 1.36 bits per heavy atom. The van der Waals surface area contributed by atoms with Gasteiger partial charge in [0.15, 0.2) is 0 Å². The Bertz CT molecular complexity index is 312. The van der Waals surface area contributed by atoms with Crippen molar-refractivity contribution >= 4 is 11.6 Å². The quantitative estimate of drug-likeness (QED) is 0.766. The molecule has 3 heteroatoms. The van der Waals surface area contributed by atoms with Gasteiger partial charge in [-0.2, -0.15) is 0 Å². The van der Waals surface area contributed by atoms with Crippen LogP contribution in [0.25, 0.3) is 0 Å². The number of rotatable bonds is 3. The summed E-state index contributed by atoms with van der Waals surface area (Å²) in [5.41, 5.74) is 1.12. The largest absolute Gasteiger partial charge is 0.496 e. The molecule has 0 saturated carbocycles. The van der Waals surface area contributed by atoms with E-state index in [1.165, 1.54) is 0 Å². The fraction of sp³-hybridized carbons (Fsp3) is 0.455. The van der Waals surface area contributed by atoms with E-state index in [0.717, 1.165) is 16.3 Å². The molecule has 0 heterocycles. The molecular weight excluding hydrogens is 198 g/mol. The Kier molecular flexibility index (Phi) is 3.78. The fourth-order valence-corrected chi connectivity index (χ4v) is 1.49. The summed E-state index contributed by atoms with van der Waals surface area (Å²) >= 11 is 5.95. The van der Waals surface area contributed by atoms with Gasteiger partial charge in [0.25, 0.3) is 0 Å². The summed E-state index contributed by atoms with van der Waals surface area (Å²) in [4.78, 5) is 2.12. The lowest BCUT2D eigenvalue weighted by Crippen LogP contribution is -2.17. The molecule has 0 amide bonds. The minimum atomic E-state index is 0.295. The Hall–Kier alpha value is -0.730. The van der Waals surface area contributed by atoms with Gasteiger partial charge in [-0.25, -0.2) is 0 Å². The average Bonchev–Trinajstić information content (AvgIpc) is 2.16. The number of hydrogen-bond acceptors (Lipinski definition) is 2. The number of benzene rings is 1. The molecule has 78 valence electrons. The van der Waals surface area contributed by atoms with Crippen LogP contribution >= 0.6 is 11.6 Å². The number of halogens is 1. The van der Waals surface area contributed by atoms with Gasteiger partial charge in [-0.05, 0) is 39.2 Å². The third kappa shape index (κ3) is 2.40. The van der Waals surface area contributed by atoms with Crippen molar-refractivity contribution in [3.05, 3.63) is 28.8 Å². The van der Waals surface area contributed by atoms with Crippen molar-refractivity contribution in [1.82, 2.24) is 4.90 Å². The Balaban J connectivity index is 3.10. The molecule has 0 N–H and O–H groups in total.